The number of amides is 1. The van der Waals surface area contributed by atoms with Crippen molar-refractivity contribution in [2.24, 2.45) is 0 Å². The van der Waals surface area contributed by atoms with Gasteiger partial charge in [-0.3, -0.25) is 9.88 Å². The SMILES string of the molecule is Cc1ccc(OC(=O)N(C)c2ccc(Cl)cc2)cn1. The summed E-state index contributed by atoms with van der Waals surface area (Å²) in [6.07, 6.45) is 1.04. The van der Waals surface area contributed by atoms with E-state index in [0.29, 0.717) is 16.5 Å². The number of nitrogens with zero attached hydrogens (tertiary/aromatic N) is 2. The van der Waals surface area contributed by atoms with E-state index in [1.807, 2.05) is 6.92 Å². The second-order valence-electron chi connectivity index (χ2n) is 4.04. The van der Waals surface area contributed by atoms with Crippen molar-refractivity contribution in [3.05, 3.63) is 53.3 Å². The van der Waals surface area contributed by atoms with E-state index in [0.717, 1.165) is 5.69 Å². The van der Waals surface area contributed by atoms with Crippen LogP contribution in [0.2, 0.25) is 5.02 Å². The Hall–Kier alpha value is -2.07. The van der Waals surface area contributed by atoms with Crippen LogP contribution >= 0.6 is 11.6 Å². The number of halogens is 1. The minimum Gasteiger partial charge on any atom is -0.408 e. The number of aryl methyl sites for hydroxylation is 1. The maximum Gasteiger partial charge on any atom is 0.419 e. The van der Waals surface area contributed by atoms with Crippen LogP contribution in [0.3, 0.4) is 0 Å². The zero-order valence-corrected chi connectivity index (χ0v) is 11.4. The van der Waals surface area contributed by atoms with Gasteiger partial charge in [0.2, 0.25) is 0 Å². The van der Waals surface area contributed by atoms with Crippen LogP contribution in [-0.4, -0.2) is 18.1 Å². The molecular formula is C14H13ClN2O2. The number of aromatic nitrogens is 1. The maximum absolute atomic E-state index is 11.9. The first-order chi connectivity index (χ1) is 9.06. The van der Waals surface area contributed by atoms with Crippen LogP contribution in [0.4, 0.5) is 10.5 Å². The van der Waals surface area contributed by atoms with E-state index in [2.05, 4.69) is 4.98 Å². The lowest BCUT2D eigenvalue weighted by Crippen LogP contribution is -2.29. The van der Waals surface area contributed by atoms with Crippen LogP contribution in [0.25, 0.3) is 0 Å². The fourth-order valence-electron chi connectivity index (χ4n) is 1.45. The van der Waals surface area contributed by atoms with Crippen LogP contribution in [0, 0.1) is 6.92 Å². The van der Waals surface area contributed by atoms with Gasteiger partial charge >= 0.3 is 6.09 Å². The topological polar surface area (TPSA) is 42.4 Å². The summed E-state index contributed by atoms with van der Waals surface area (Å²) in [6.45, 7) is 1.87. The molecule has 0 aliphatic carbocycles. The van der Waals surface area contributed by atoms with E-state index in [-0.39, 0.29) is 0 Å². The van der Waals surface area contributed by atoms with Gasteiger partial charge in [-0.25, -0.2) is 4.79 Å². The lowest BCUT2D eigenvalue weighted by molar-refractivity contribution is 0.209. The van der Waals surface area contributed by atoms with Gasteiger partial charge in [-0.1, -0.05) is 11.6 Å². The number of pyridine rings is 1. The molecule has 1 amide bonds. The molecule has 19 heavy (non-hydrogen) atoms. The van der Waals surface area contributed by atoms with Crippen molar-refractivity contribution in [1.82, 2.24) is 4.98 Å². The monoisotopic (exact) mass is 276 g/mol. The molecule has 0 atom stereocenters. The highest BCUT2D eigenvalue weighted by Gasteiger charge is 2.13. The molecule has 1 aromatic heterocycles. The molecule has 1 heterocycles. The van der Waals surface area contributed by atoms with Gasteiger partial charge in [-0.2, -0.15) is 0 Å². The number of carbonyl (C=O) groups is 1. The third-order valence-corrected chi connectivity index (χ3v) is 2.83. The van der Waals surface area contributed by atoms with Crippen LogP contribution in [0.15, 0.2) is 42.6 Å². The molecule has 98 valence electrons. The average Bonchev–Trinajstić information content (AvgIpc) is 2.41. The third-order valence-electron chi connectivity index (χ3n) is 2.58. The zero-order chi connectivity index (χ0) is 13.8. The highest BCUT2D eigenvalue weighted by molar-refractivity contribution is 6.30. The molecule has 0 saturated carbocycles. The van der Waals surface area contributed by atoms with Crippen molar-refractivity contribution < 1.29 is 9.53 Å². The number of rotatable bonds is 2. The Balaban J connectivity index is 2.07. The summed E-state index contributed by atoms with van der Waals surface area (Å²) in [4.78, 5) is 17.4. The first kappa shape index (κ1) is 13.4. The van der Waals surface area contributed by atoms with Gasteiger partial charge in [0.25, 0.3) is 0 Å². The van der Waals surface area contributed by atoms with Crippen molar-refractivity contribution in [2.45, 2.75) is 6.92 Å². The molecule has 1 aromatic carbocycles. The molecule has 2 rings (SSSR count). The average molecular weight is 277 g/mol. The van der Waals surface area contributed by atoms with Gasteiger partial charge in [0.05, 0.1) is 6.20 Å². The lowest BCUT2D eigenvalue weighted by Gasteiger charge is -2.16. The number of hydrogen-bond donors (Lipinski definition) is 0. The molecule has 0 aliphatic rings. The largest absolute Gasteiger partial charge is 0.419 e. The van der Waals surface area contributed by atoms with Gasteiger partial charge in [0, 0.05) is 23.5 Å². The Bertz CT molecular complexity index is 567. The van der Waals surface area contributed by atoms with Gasteiger partial charge in [0.1, 0.15) is 0 Å². The fraction of sp³-hybridized carbons (Fsp3) is 0.143. The van der Waals surface area contributed by atoms with Crippen LogP contribution in [0.5, 0.6) is 5.75 Å². The molecule has 0 radical (unpaired) electrons. The highest BCUT2D eigenvalue weighted by Crippen LogP contribution is 2.18. The van der Waals surface area contributed by atoms with E-state index in [4.69, 9.17) is 16.3 Å². The predicted molar refractivity (Wildman–Crippen MR) is 74.9 cm³/mol. The number of anilines is 1. The summed E-state index contributed by atoms with van der Waals surface area (Å²) in [6, 6.07) is 10.4. The first-order valence-electron chi connectivity index (χ1n) is 5.70. The number of ether oxygens (including phenoxy) is 1. The molecule has 4 nitrogen and oxygen atoms in total. The Morgan fingerprint density at radius 2 is 1.89 bits per heavy atom. The summed E-state index contributed by atoms with van der Waals surface area (Å²) >= 11 is 5.80. The maximum atomic E-state index is 11.9. The first-order valence-corrected chi connectivity index (χ1v) is 6.08. The molecule has 0 saturated heterocycles. The molecule has 0 spiro atoms. The smallest absolute Gasteiger partial charge is 0.408 e. The predicted octanol–water partition coefficient (Wildman–Crippen LogP) is 3.68. The quantitative estimate of drug-likeness (QED) is 0.840. The van der Waals surface area contributed by atoms with Crippen LogP contribution < -0.4 is 9.64 Å². The Morgan fingerprint density at radius 3 is 2.47 bits per heavy atom. The van der Waals surface area contributed by atoms with Crippen LogP contribution in [-0.2, 0) is 0 Å². The van der Waals surface area contributed by atoms with Crippen molar-refractivity contribution >= 4 is 23.4 Å². The summed E-state index contributed by atoms with van der Waals surface area (Å²) in [5.74, 6) is 0.413. The van der Waals surface area contributed by atoms with E-state index in [1.54, 1.807) is 43.4 Å². The van der Waals surface area contributed by atoms with E-state index in [1.165, 1.54) is 11.1 Å². The Labute approximate surface area is 116 Å². The second kappa shape index (κ2) is 5.71. The molecule has 0 fully saturated rings. The number of benzene rings is 1. The lowest BCUT2D eigenvalue weighted by atomic mass is 10.3. The van der Waals surface area contributed by atoms with Crippen molar-refractivity contribution in [3.8, 4) is 5.75 Å². The van der Waals surface area contributed by atoms with Gasteiger partial charge < -0.3 is 4.74 Å². The number of hydrogen-bond acceptors (Lipinski definition) is 3. The van der Waals surface area contributed by atoms with Crippen molar-refractivity contribution in [2.75, 3.05) is 11.9 Å². The van der Waals surface area contributed by atoms with E-state index < -0.39 is 6.09 Å². The molecule has 0 N–H and O–H groups in total. The summed E-state index contributed by atoms with van der Waals surface area (Å²) < 4.78 is 5.21. The second-order valence-corrected chi connectivity index (χ2v) is 4.48. The Morgan fingerprint density at radius 1 is 1.21 bits per heavy atom. The third kappa shape index (κ3) is 3.45. The Kier molecular flexibility index (Phi) is 4.02. The molecule has 0 unspecified atom stereocenters. The molecule has 5 heteroatoms. The molecule has 2 aromatic rings. The summed E-state index contributed by atoms with van der Waals surface area (Å²) in [7, 11) is 1.63. The van der Waals surface area contributed by atoms with Crippen molar-refractivity contribution in [1.29, 1.82) is 0 Å². The summed E-state index contributed by atoms with van der Waals surface area (Å²) in [5.41, 5.74) is 1.57. The summed E-state index contributed by atoms with van der Waals surface area (Å²) in [5, 5.41) is 0.619. The van der Waals surface area contributed by atoms with Gasteiger partial charge in [-0.05, 0) is 43.3 Å². The van der Waals surface area contributed by atoms with Crippen LogP contribution in [0.1, 0.15) is 5.69 Å². The molecule has 0 bridgehead atoms. The fourth-order valence-corrected chi connectivity index (χ4v) is 1.58. The van der Waals surface area contributed by atoms with E-state index in [9.17, 15) is 4.79 Å². The molecule has 0 aliphatic heterocycles. The number of carbonyl (C=O) groups excluding carboxylic acids is 1. The van der Waals surface area contributed by atoms with Gasteiger partial charge in [0.15, 0.2) is 5.75 Å². The standard InChI is InChI=1S/C14H13ClN2O2/c1-10-3-8-13(9-16-10)19-14(18)17(2)12-6-4-11(15)5-7-12/h3-9H,1-2H3. The zero-order valence-electron chi connectivity index (χ0n) is 10.6. The molecular weight excluding hydrogens is 264 g/mol. The van der Waals surface area contributed by atoms with Gasteiger partial charge in [-0.15, -0.1) is 0 Å². The minimum atomic E-state index is -0.479. The van der Waals surface area contributed by atoms with E-state index >= 15 is 0 Å². The highest BCUT2D eigenvalue weighted by atomic mass is 35.5. The minimum absolute atomic E-state index is 0.413. The van der Waals surface area contributed by atoms with Crippen molar-refractivity contribution in [3.63, 3.8) is 0 Å². The normalized spacial score (nSPS) is 10.1.